The second-order valence-corrected chi connectivity index (χ2v) is 6.36. The molecule has 3 aromatic heterocycles. The molecule has 8 heteroatoms. The molecule has 0 aromatic carbocycles. The molecule has 1 saturated heterocycles. The summed E-state index contributed by atoms with van der Waals surface area (Å²) in [7, 11) is 3.66. The summed E-state index contributed by atoms with van der Waals surface area (Å²) >= 11 is 0. The van der Waals surface area contributed by atoms with Gasteiger partial charge in [-0.3, -0.25) is 9.48 Å². The third-order valence-electron chi connectivity index (χ3n) is 4.66. The van der Waals surface area contributed by atoms with Crippen molar-refractivity contribution < 1.29 is 9.32 Å². The van der Waals surface area contributed by atoms with Gasteiger partial charge in [-0.25, -0.2) is 4.98 Å². The molecule has 1 fully saturated rings. The molecule has 0 bridgehead atoms. The van der Waals surface area contributed by atoms with Crippen molar-refractivity contribution in [3.05, 3.63) is 48.0 Å². The molecule has 1 aliphatic rings. The summed E-state index contributed by atoms with van der Waals surface area (Å²) in [6, 6.07) is 5.65. The number of carbonyl (C=O) groups is 1. The average molecular weight is 352 g/mol. The lowest BCUT2D eigenvalue weighted by molar-refractivity contribution is 0.0725. The lowest BCUT2D eigenvalue weighted by Gasteiger charge is -2.24. The molecular formula is C18H20N6O2. The Bertz CT molecular complexity index is 931. The summed E-state index contributed by atoms with van der Waals surface area (Å²) in [5.74, 6) is 1.22. The highest BCUT2D eigenvalue weighted by Crippen LogP contribution is 2.34. The van der Waals surface area contributed by atoms with Crippen molar-refractivity contribution in [1.29, 1.82) is 0 Å². The minimum Gasteiger partial charge on any atom is -0.373 e. The molecule has 1 N–H and O–H groups in total. The van der Waals surface area contributed by atoms with E-state index in [0.29, 0.717) is 18.0 Å². The van der Waals surface area contributed by atoms with Crippen molar-refractivity contribution in [1.82, 2.24) is 24.8 Å². The van der Waals surface area contributed by atoms with Crippen LogP contribution in [-0.4, -0.2) is 44.3 Å². The molecule has 0 radical (unpaired) electrons. The van der Waals surface area contributed by atoms with E-state index in [9.17, 15) is 4.79 Å². The maximum atomic E-state index is 13.0. The number of pyridine rings is 1. The number of carbonyl (C=O) groups excluding carboxylic acids is 1. The van der Waals surface area contributed by atoms with Crippen LogP contribution in [-0.2, 0) is 7.05 Å². The van der Waals surface area contributed by atoms with Crippen molar-refractivity contribution in [3.8, 4) is 11.3 Å². The van der Waals surface area contributed by atoms with Gasteiger partial charge in [-0.15, -0.1) is 0 Å². The van der Waals surface area contributed by atoms with Gasteiger partial charge in [-0.1, -0.05) is 5.16 Å². The van der Waals surface area contributed by atoms with Crippen LogP contribution in [0.4, 0.5) is 5.82 Å². The van der Waals surface area contributed by atoms with E-state index in [1.165, 1.54) is 0 Å². The second-order valence-electron chi connectivity index (χ2n) is 6.36. The molecule has 1 atom stereocenters. The SMILES string of the molecule is CNc1cc([C@H]2CCCN2C(=O)c2cc(-c3cnn(C)c3)on2)ccn1. The Morgan fingerprint density at radius 3 is 3.04 bits per heavy atom. The zero-order valence-corrected chi connectivity index (χ0v) is 14.7. The number of amides is 1. The van der Waals surface area contributed by atoms with Gasteiger partial charge in [0.05, 0.1) is 17.8 Å². The third-order valence-corrected chi connectivity index (χ3v) is 4.66. The minimum atomic E-state index is -0.116. The third kappa shape index (κ3) is 2.94. The normalized spacial score (nSPS) is 16.8. The topological polar surface area (TPSA) is 89.1 Å². The fraction of sp³-hybridized carbons (Fsp3) is 0.333. The Kier molecular flexibility index (Phi) is 4.16. The van der Waals surface area contributed by atoms with Gasteiger partial charge >= 0.3 is 0 Å². The Morgan fingerprint density at radius 1 is 1.38 bits per heavy atom. The molecule has 134 valence electrons. The first kappa shape index (κ1) is 16.3. The second kappa shape index (κ2) is 6.62. The van der Waals surface area contributed by atoms with Crippen LogP contribution in [0.1, 0.15) is 34.9 Å². The summed E-state index contributed by atoms with van der Waals surface area (Å²) in [4.78, 5) is 19.1. The van der Waals surface area contributed by atoms with Gasteiger partial charge in [0.25, 0.3) is 5.91 Å². The smallest absolute Gasteiger partial charge is 0.276 e. The number of likely N-dealkylation sites (tertiary alicyclic amines) is 1. The van der Waals surface area contributed by atoms with E-state index in [4.69, 9.17) is 4.52 Å². The first-order valence-corrected chi connectivity index (χ1v) is 8.56. The molecule has 0 saturated carbocycles. The number of nitrogens with one attached hydrogen (secondary N) is 1. The Hall–Kier alpha value is -3.16. The molecule has 26 heavy (non-hydrogen) atoms. The molecule has 0 unspecified atom stereocenters. The summed E-state index contributed by atoms with van der Waals surface area (Å²) in [5.41, 5.74) is 2.19. The number of aryl methyl sites for hydroxylation is 1. The van der Waals surface area contributed by atoms with E-state index < -0.39 is 0 Å². The molecule has 3 aromatic rings. The Labute approximate surface area is 150 Å². The highest BCUT2D eigenvalue weighted by molar-refractivity contribution is 5.93. The van der Waals surface area contributed by atoms with Crippen LogP contribution in [0.3, 0.4) is 0 Å². The predicted octanol–water partition coefficient (Wildman–Crippen LogP) is 2.49. The highest BCUT2D eigenvalue weighted by atomic mass is 16.5. The summed E-state index contributed by atoms with van der Waals surface area (Å²) in [5, 5.41) is 11.1. The van der Waals surface area contributed by atoms with E-state index in [1.807, 2.05) is 37.3 Å². The quantitative estimate of drug-likeness (QED) is 0.776. The monoisotopic (exact) mass is 352 g/mol. The van der Waals surface area contributed by atoms with Crippen LogP contribution in [0.5, 0.6) is 0 Å². The molecule has 1 amide bonds. The first-order chi connectivity index (χ1) is 12.7. The van der Waals surface area contributed by atoms with Crippen molar-refractivity contribution in [3.63, 3.8) is 0 Å². The molecule has 1 aliphatic heterocycles. The van der Waals surface area contributed by atoms with Gasteiger partial charge in [-0.05, 0) is 30.5 Å². The van der Waals surface area contributed by atoms with Crippen molar-refractivity contribution in [2.45, 2.75) is 18.9 Å². The summed E-state index contributed by atoms with van der Waals surface area (Å²) in [6.07, 6.45) is 7.15. The van der Waals surface area contributed by atoms with Gasteiger partial charge < -0.3 is 14.7 Å². The van der Waals surface area contributed by atoms with Crippen molar-refractivity contribution >= 4 is 11.7 Å². The van der Waals surface area contributed by atoms with Gasteiger partial charge in [0.15, 0.2) is 11.5 Å². The molecule has 4 heterocycles. The zero-order valence-electron chi connectivity index (χ0n) is 14.7. The first-order valence-electron chi connectivity index (χ1n) is 8.56. The fourth-order valence-corrected chi connectivity index (χ4v) is 3.35. The Balaban J connectivity index is 1.58. The molecule has 4 rings (SSSR count). The number of aromatic nitrogens is 4. The molecule has 0 aliphatic carbocycles. The van der Waals surface area contributed by atoms with Crippen LogP contribution in [0, 0.1) is 0 Å². The van der Waals surface area contributed by atoms with Gasteiger partial charge in [0, 0.05) is 39.1 Å². The lowest BCUT2D eigenvalue weighted by atomic mass is 10.1. The Morgan fingerprint density at radius 2 is 2.27 bits per heavy atom. The molecular weight excluding hydrogens is 332 g/mol. The van der Waals surface area contributed by atoms with Gasteiger partial charge in [-0.2, -0.15) is 5.10 Å². The lowest BCUT2D eigenvalue weighted by Crippen LogP contribution is -2.30. The zero-order chi connectivity index (χ0) is 18.1. The largest absolute Gasteiger partial charge is 0.373 e. The van der Waals surface area contributed by atoms with Crippen molar-refractivity contribution in [2.75, 3.05) is 18.9 Å². The van der Waals surface area contributed by atoms with E-state index >= 15 is 0 Å². The maximum Gasteiger partial charge on any atom is 0.276 e. The van der Waals surface area contributed by atoms with Gasteiger partial charge in [0.2, 0.25) is 0 Å². The van der Waals surface area contributed by atoms with Crippen LogP contribution < -0.4 is 5.32 Å². The van der Waals surface area contributed by atoms with Crippen LogP contribution in [0.2, 0.25) is 0 Å². The van der Waals surface area contributed by atoms with E-state index in [0.717, 1.165) is 29.8 Å². The predicted molar refractivity (Wildman–Crippen MR) is 95.5 cm³/mol. The van der Waals surface area contributed by atoms with E-state index in [1.54, 1.807) is 23.1 Å². The number of rotatable bonds is 4. The molecule has 8 nitrogen and oxygen atoms in total. The van der Waals surface area contributed by atoms with Crippen molar-refractivity contribution in [2.24, 2.45) is 7.05 Å². The van der Waals surface area contributed by atoms with Gasteiger partial charge in [0.1, 0.15) is 5.82 Å². The number of hydrogen-bond donors (Lipinski definition) is 1. The maximum absolute atomic E-state index is 13.0. The average Bonchev–Trinajstić information content (AvgIpc) is 3.41. The number of hydrogen-bond acceptors (Lipinski definition) is 6. The summed E-state index contributed by atoms with van der Waals surface area (Å²) in [6.45, 7) is 0.704. The highest BCUT2D eigenvalue weighted by Gasteiger charge is 2.32. The fourth-order valence-electron chi connectivity index (χ4n) is 3.35. The van der Waals surface area contributed by atoms with E-state index in [-0.39, 0.29) is 11.9 Å². The van der Waals surface area contributed by atoms with E-state index in [2.05, 4.69) is 20.6 Å². The number of nitrogens with zero attached hydrogens (tertiary/aromatic N) is 5. The molecule has 0 spiro atoms. The standard InChI is InChI=1S/C18H20N6O2/c1-19-17-8-12(5-6-20-17)15-4-3-7-24(15)18(25)14-9-16(26-22-14)13-10-21-23(2)11-13/h5-6,8-11,15H,3-4,7H2,1-2H3,(H,19,20)/t15-/m1/s1. The minimum absolute atomic E-state index is 0.0242. The van der Waals surface area contributed by atoms with Crippen LogP contribution in [0.25, 0.3) is 11.3 Å². The summed E-state index contributed by atoms with van der Waals surface area (Å²) < 4.78 is 7.03. The number of anilines is 1. The van der Waals surface area contributed by atoms with Crippen LogP contribution >= 0.6 is 0 Å². The van der Waals surface area contributed by atoms with Crippen LogP contribution in [0.15, 0.2) is 41.3 Å².